The number of halogens is 3. The maximum Gasteiger partial charge on any atom is 0.416 e. The maximum atomic E-state index is 12.6. The lowest BCUT2D eigenvalue weighted by atomic mass is 10.1. The molecule has 22 heavy (non-hydrogen) atoms. The van der Waals surface area contributed by atoms with Crippen LogP contribution in [-0.2, 0) is 20.4 Å². The Morgan fingerprint density at radius 1 is 1.32 bits per heavy atom. The Balaban J connectivity index is 2.83. The number of carbonyl (C=O) groups excluding carboxylic acids is 1. The zero-order valence-electron chi connectivity index (χ0n) is 12.4. The van der Waals surface area contributed by atoms with Gasteiger partial charge in [-0.25, -0.2) is 4.79 Å². The smallest absolute Gasteiger partial charge is 0.416 e. The molecule has 0 heterocycles. The van der Waals surface area contributed by atoms with E-state index in [1.165, 1.54) is 21.0 Å². The van der Waals surface area contributed by atoms with E-state index in [4.69, 9.17) is 10.5 Å². The molecule has 4 nitrogen and oxygen atoms in total. The van der Waals surface area contributed by atoms with Gasteiger partial charge in [-0.2, -0.15) is 13.2 Å². The van der Waals surface area contributed by atoms with Gasteiger partial charge in [-0.15, -0.1) is 0 Å². The van der Waals surface area contributed by atoms with Gasteiger partial charge >= 0.3 is 12.1 Å². The predicted molar refractivity (Wildman–Crippen MR) is 74.8 cm³/mol. The van der Waals surface area contributed by atoms with E-state index in [0.717, 1.165) is 18.2 Å². The summed E-state index contributed by atoms with van der Waals surface area (Å²) in [6.45, 7) is 2.84. The van der Waals surface area contributed by atoms with E-state index < -0.39 is 23.3 Å². The van der Waals surface area contributed by atoms with E-state index in [-0.39, 0.29) is 17.9 Å². The van der Waals surface area contributed by atoms with Gasteiger partial charge in [-0.1, -0.05) is 11.8 Å². The second-order valence-corrected chi connectivity index (χ2v) is 4.89. The quantitative estimate of drug-likeness (QED) is 0.529. The van der Waals surface area contributed by atoms with Crippen molar-refractivity contribution >= 4 is 11.7 Å². The molecule has 0 spiro atoms. The highest BCUT2D eigenvalue weighted by Gasteiger charge is 2.31. The number of carbonyl (C=O) groups is 1. The number of benzene rings is 1. The van der Waals surface area contributed by atoms with Crippen molar-refractivity contribution in [3.63, 3.8) is 0 Å². The number of hydrogen-bond donors (Lipinski definition) is 1. The molecule has 0 atom stereocenters. The molecule has 2 N–H and O–H groups in total. The predicted octanol–water partition coefficient (Wildman–Crippen LogP) is 2.61. The Morgan fingerprint density at radius 3 is 2.50 bits per heavy atom. The van der Waals surface area contributed by atoms with Crippen LogP contribution in [0.1, 0.15) is 25.0 Å². The highest BCUT2D eigenvalue weighted by molar-refractivity contribution is 5.78. The normalized spacial score (nSPS) is 11.5. The van der Waals surface area contributed by atoms with Gasteiger partial charge in [0.25, 0.3) is 0 Å². The van der Waals surface area contributed by atoms with Crippen molar-refractivity contribution in [2.24, 2.45) is 0 Å². The molecule has 0 unspecified atom stereocenters. The van der Waals surface area contributed by atoms with E-state index in [1.54, 1.807) is 0 Å². The van der Waals surface area contributed by atoms with Crippen molar-refractivity contribution in [1.82, 2.24) is 0 Å². The minimum absolute atomic E-state index is 0.0503. The number of rotatable bonds is 3. The fraction of sp³-hybridized carbons (Fsp3) is 0.400. The molecule has 0 aliphatic carbocycles. The van der Waals surface area contributed by atoms with Gasteiger partial charge in [0.2, 0.25) is 0 Å². The number of alkyl halides is 3. The number of methoxy groups -OCH3 is 1. The summed E-state index contributed by atoms with van der Waals surface area (Å²) < 4.78 is 47.6. The Bertz CT molecular complexity index is 613. The van der Waals surface area contributed by atoms with E-state index in [2.05, 4.69) is 16.6 Å². The molecule has 0 fully saturated rings. The molecule has 1 rings (SSSR count). The molecule has 0 saturated carbocycles. The SMILES string of the molecule is COC(=O)C(C)(C)OCC#Cc1cc(C(F)(F)F)ccc1N. The van der Waals surface area contributed by atoms with Gasteiger partial charge in [0, 0.05) is 11.3 Å². The van der Waals surface area contributed by atoms with Gasteiger partial charge in [-0.05, 0) is 32.0 Å². The zero-order valence-corrected chi connectivity index (χ0v) is 12.4. The Kier molecular flexibility index (Phi) is 5.44. The van der Waals surface area contributed by atoms with Gasteiger partial charge in [-0.3, -0.25) is 0 Å². The summed E-state index contributed by atoms with van der Waals surface area (Å²) in [5.74, 6) is 4.46. The highest BCUT2D eigenvalue weighted by Crippen LogP contribution is 2.30. The highest BCUT2D eigenvalue weighted by atomic mass is 19.4. The average molecular weight is 315 g/mol. The van der Waals surface area contributed by atoms with E-state index in [1.807, 2.05) is 0 Å². The van der Waals surface area contributed by atoms with Crippen LogP contribution < -0.4 is 5.73 Å². The van der Waals surface area contributed by atoms with Crippen LogP contribution in [0.5, 0.6) is 0 Å². The number of anilines is 1. The van der Waals surface area contributed by atoms with Crippen LogP contribution in [0.3, 0.4) is 0 Å². The first kappa shape index (κ1) is 17.9. The second kappa shape index (κ2) is 6.71. The van der Waals surface area contributed by atoms with Crippen molar-refractivity contribution < 1.29 is 27.4 Å². The number of nitrogens with two attached hydrogens (primary N) is 1. The third kappa shape index (κ3) is 4.67. The van der Waals surface area contributed by atoms with Gasteiger partial charge in [0.15, 0.2) is 5.60 Å². The molecule has 0 aliphatic heterocycles. The number of hydrogen-bond acceptors (Lipinski definition) is 4. The molecular formula is C15H16F3NO3. The van der Waals surface area contributed by atoms with Crippen molar-refractivity contribution in [3.8, 4) is 11.8 Å². The van der Waals surface area contributed by atoms with E-state index in [9.17, 15) is 18.0 Å². The largest absolute Gasteiger partial charge is 0.467 e. The van der Waals surface area contributed by atoms with Crippen molar-refractivity contribution in [1.29, 1.82) is 0 Å². The van der Waals surface area contributed by atoms with Crippen LogP contribution in [0.4, 0.5) is 18.9 Å². The van der Waals surface area contributed by atoms with E-state index in [0.29, 0.717) is 0 Å². The summed E-state index contributed by atoms with van der Waals surface area (Å²) in [6, 6.07) is 2.90. The van der Waals surface area contributed by atoms with Gasteiger partial charge < -0.3 is 15.2 Å². The Labute approximate surface area is 126 Å². The molecule has 0 radical (unpaired) electrons. The molecule has 0 bridgehead atoms. The van der Waals surface area contributed by atoms with Crippen molar-refractivity contribution in [3.05, 3.63) is 29.3 Å². The Hall–Kier alpha value is -2.20. The Morgan fingerprint density at radius 2 is 1.95 bits per heavy atom. The van der Waals surface area contributed by atoms with Crippen LogP contribution in [-0.4, -0.2) is 25.3 Å². The topological polar surface area (TPSA) is 61.5 Å². The molecule has 0 saturated heterocycles. The third-order valence-corrected chi connectivity index (χ3v) is 2.79. The fourth-order valence-electron chi connectivity index (χ4n) is 1.49. The summed E-state index contributed by atoms with van der Waals surface area (Å²) in [5, 5.41) is 0. The summed E-state index contributed by atoms with van der Waals surface area (Å²) in [5.41, 5.74) is 3.74. The monoisotopic (exact) mass is 315 g/mol. The lowest BCUT2D eigenvalue weighted by Gasteiger charge is -2.20. The molecule has 1 aromatic carbocycles. The zero-order chi connectivity index (χ0) is 17.0. The van der Waals surface area contributed by atoms with Gasteiger partial charge in [0.05, 0.1) is 12.7 Å². The first-order valence-electron chi connectivity index (χ1n) is 6.26. The fourth-order valence-corrected chi connectivity index (χ4v) is 1.49. The lowest BCUT2D eigenvalue weighted by Crippen LogP contribution is -2.36. The second-order valence-electron chi connectivity index (χ2n) is 4.89. The lowest BCUT2D eigenvalue weighted by molar-refractivity contribution is -0.163. The molecule has 1 aromatic rings. The first-order chi connectivity index (χ1) is 10.1. The molecular weight excluding hydrogens is 299 g/mol. The minimum atomic E-state index is -4.46. The summed E-state index contributed by atoms with van der Waals surface area (Å²) in [7, 11) is 1.22. The third-order valence-electron chi connectivity index (χ3n) is 2.79. The average Bonchev–Trinajstić information content (AvgIpc) is 2.43. The maximum absolute atomic E-state index is 12.6. The van der Waals surface area contributed by atoms with E-state index >= 15 is 0 Å². The number of esters is 1. The van der Waals surface area contributed by atoms with Crippen molar-refractivity contribution in [2.45, 2.75) is 25.6 Å². The van der Waals surface area contributed by atoms with Crippen molar-refractivity contribution in [2.75, 3.05) is 19.5 Å². The van der Waals surface area contributed by atoms with Crippen LogP contribution in [0.15, 0.2) is 18.2 Å². The molecule has 0 amide bonds. The van der Waals surface area contributed by atoms with Crippen LogP contribution in [0, 0.1) is 11.8 Å². The number of ether oxygens (including phenoxy) is 2. The van der Waals surface area contributed by atoms with Crippen LogP contribution in [0.2, 0.25) is 0 Å². The molecule has 0 aromatic heterocycles. The van der Waals surface area contributed by atoms with Crippen LogP contribution in [0.25, 0.3) is 0 Å². The minimum Gasteiger partial charge on any atom is -0.467 e. The molecule has 0 aliphatic rings. The molecule has 7 heteroatoms. The molecule has 120 valence electrons. The van der Waals surface area contributed by atoms with Crippen LogP contribution >= 0.6 is 0 Å². The number of nitrogen functional groups attached to an aromatic ring is 1. The first-order valence-corrected chi connectivity index (χ1v) is 6.26. The summed E-state index contributed by atoms with van der Waals surface area (Å²) in [6.07, 6.45) is -4.46. The summed E-state index contributed by atoms with van der Waals surface area (Å²) >= 11 is 0. The standard InChI is InChI=1S/C15H16F3NO3/c1-14(2,13(20)21-3)22-8-4-5-10-9-11(15(16,17)18)6-7-12(10)19/h6-7,9H,8,19H2,1-3H3. The summed E-state index contributed by atoms with van der Waals surface area (Å²) in [4.78, 5) is 11.4. The van der Waals surface area contributed by atoms with Gasteiger partial charge in [0.1, 0.15) is 6.61 Å².